The molecule has 0 bridgehead atoms. The third-order valence-electron chi connectivity index (χ3n) is 3.67. The van der Waals surface area contributed by atoms with Gasteiger partial charge < -0.3 is 10.6 Å². The Labute approximate surface area is 87.2 Å². The fourth-order valence-corrected chi connectivity index (χ4v) is 2.78. The molecule has 2 heteroatoms. The van der Waals surface area contributed by atoms with Crippen LogP contribution in [0.2, 0.25) is 0 Å². The van der Waals surface area contributed by atoms with Crippen molar-refractivity contribution in [2.24, 2.45) is 23.5 Å². The van der Waals surface area contributed by atoms with E-state index in [4.69, 9.17) is 5.73 Å². The highest BCUT2D eigenvalue weighted by atomic mass is 15.2. The maximum absolute atomic E-state index is 5.66. The summed E-state index contributed by atoms with van der Waals surface area (Å²) in [5.41, 5.74) is 5.66. The minimum absolute atomic E-state index is 0.656. The maximum atomic E-state index is 5.66. The lowest BCUT2D eigenvalue weighted by molar-refractivity contribution is 0.278. The normalized spacial score (nSPS) is 34.4. The molecule has 0 aromatic heterocycles. The van der Waals surface area contributed by atoms with Crippen molar-refractivity contribution in [2.75, 3.05) is 26.2 Å². The predicted octanol–water partition coefficient (Wildman–Crippen LogP) is 1.48. The summed E-state index contributed by atoms with van der Waals surface area (Å²) in [7, 11) is 0. The third-order valence-corrected chi connectivity index (χ3v) is 3.67. The molecule has 2 aliphatic rings. The molecule has 1 unspecified atom stereocenters. The first-order valence-electron chi connectivity index (χ1n) is 5.87. The van der Waals surface area contributed by atoms with E-state index in [2.05, 4.69) is 24.0 Å². The zero-order valence-electron chi connectivity index (χ0n) is 9.15. The van der Waals surface area contributed by atoms with E-state index in [0.29, 0.717) is 5.92 Å². The lowest BCUT2D eigenvalue weighted by Crippen LogP contribution is -2.30. The molecule has 0 spiro atoms. The Morgan fingerprint density at radius 1 is 1.29 bits per heavy atom. The van der Waals surface area contributed by atoms with E-state index >= 15 is 0 Å². The Bertz CT molecular complexity index is 196. The first kappa shape index (κ1) is 10.2. The van der Waals surface area contributed by atoms with Crippen LogP contribution in [0.25, 0.3) is 0 Å². The van der Waals surface area contributed by atoms with Gasteiger partial charge in [-0.3, -0.25) is 0 Å². The van der Waals surface area contributed by atoms with Crippen LogP contribution in [0.4, 0.5) is 0 Å². The van der Waals surface area contributed by atoms with Crippen LogP contribution in [0.5, 0.6) is 0 Å². The summed E-state index contributed by atoms with van der Waals surface area (Å²) < 4.78 is 0. The van der Waals surface area contributed by atoms with Crippen molar-refractivity contribution in [2.45, 2.75) is 19.8 Å². The highest BCUT2D eigenvalue weighted by Gasteiger charge is 2.32. The van der Waals surface area contributed by atoms with Crippen molar-refractivity contribution in [3.8, 4) is 0 Å². The van der Waals surface area contributed by atoms with E-state index in [9.17, 15) is 0 Å². The Balaban J connectivity index is 1.83. The van der Waals surface area contributed by atoms with Crippen molar-refractivity contribution in [3.63, 3.8) is 0 Å². The van der Waals surface area contributed by atoms with Gasteiger partial charge in [-0.15, -0.1) is 0 Å². The molecule has 2 N–H and O–H groups in total. The monoisotopic (exact) mass is 194 g/mol. The van der Waals surface area contributed by atoms with Crippen LogP contribution in [-0.4, -0.2) is 31.1 Å². The SMILES string of the molecule is CC(CN)CN1C[C@H]2CC=CC[C@H]2C1. The first-order valence-corrected chi connectivity index (χ1v) is 5.87. The summed E-state index contributed by atoms with van der Waals surface area (Å²) in [5, 5.41) is 0. The second-order valence-electron chi connectivity index (χ2n) is 5.02. The van der Waals surface area contributed by atoms with Crippen LogP contribution >= 0.6 is 0 Å². The van der Waals surface area contributed by atoms with Crippen LogP contribution in [0.1, 0.15) is 19.8 Å². The van der Waals surface area contributed by atoms with Crippen molar-refractivity contribution in [1.82, 2.24) is 4.90 Å². The number of hydrogen-bond acceptors (Lipinski definition) is 2. The number of likely N-dealkylation sites (tertiary alicyclic amines) is 1. The lowest BCUT2D eigenvalue weighted by atomic mass is 9.86. The van der Waals surface area contributed by atoms with E-state index in [-0.39, 0.29) is 0 Å². The molecular formula is C12H22N2. The molecule has 0 aromatic rings. The van der Waals surface area contributed by atoms with Gasteiger partial charge in [-0.2, -0.15) is 0 Å². The zero-order chi connectivity index (χ0) is 9.97. The number of nitrogens with zero attached hydrogens (tertiary/aromatic N) is 1. The Morgan fingerprint density at radius 2 is 1.86 bits per heavy atom. The zero-order valence-corrected chi connectivity index (χ0v) is 9.15. The minimum Gasteiger partial charge on any atom is -0.330 e. The molecule has 0 radical (unpaired) electrons. The summed E-state index contributed by atoms with van der Waals surface area (Å²) in [6, 6.07) is 0. The van der Waals surface area contributed by atoms with Crippen LogP contribution in [0.15, 0.2) is 12.2 Å². The van der Waals surface area contributed by atoms with Gasteiger partial charge in [0.2, 0.25) is 0 Å². The van der Waals surface area contributed by atoms with E-state index < -0.39 is 0 Å². The predicted molar refractivity (Wildman–Crippen MR) is 60.0 cm³/mol. The van der Waals surface area contributed by atoms with E-state index in [1.807, 2.05) is 0 Å². The van der Waals surface area contributed by atoms with Crippen LogP contribution in [0, 0.1) is 17.8 Å². The molecule has 1 heterocycles. The van der Waals surface area contributed by atoms with Gasteiger partial charge in [-0.1, -0.05) is 19.1 Å². The topological polar surface area (TPSA) is 29.3 Å². The molecule has 0 saturated carbocycles. The smallest absolute Gasteiger partial charge is 0.00193 e. The minimum atomic E-state index is 0.656. The Hall–Kier alpha value is -0.340. The number of hydrogen-bond donors (Lipinski definition) is 1. The van der Waals surface area contributed by atoms with E-state index in [0.717, 1.165) is 18.4 Å². The van der Waals surface area contributed by atoms with E-state index in [1.165, 1.54) is 32.5 Å². The molecule has 0 amide bonds. The van der Waals surface area contributed by atoms with Gasteiger partial charge in [0, 0.05) is 19.6 Å². The highest BCUT2D eigenvalue weighted by molar-refractivity contribution is 4.99. The molecule has 1 aliphatic heterocycles. The van der Waals surface area contributed by atoms with Gasteiger partial charge in [-0.25, -0.2) is 0 Å². The number of rotatable bonds is 3. The van der Waals surface area contributed by atoms with Gasteiger partial charge in [0.25, 0.3) is 0 Å². The standard InChI is InChI=1S/C12H22N2/c1-10(6-13)7-14-8-11-4-2-3-5-12(11)9-14/h2-3,10-12H,4-9,13H2,1H3/t10?,11-,12+. The number of allylic oxidation sites excluding steroid dienone is 2. The van der Waals surface area contributed by atoms with Gasteiger partial charge in [0.15, 0.2) is 0 Å². The first-order chi connectivity index (χ1) is 6.79. The maximum Gasteiger partial charge on any atom is 0.00193 e. The van der Waals surface area contributed by atoms with Crippen molar-refractivity contribution in [3.05, 3.63) is 12.2 Å². The van der Waals surface area contributed by atoms with Gasteiger partial charge in [0.05, 0.1) is 0 Å². The second kappa shape index (κ2) is 4.45. The van der Waals surface area contributed by atoms with Crippen molar-refractivity contribution < 1.29 is 0 Å². The fourth-order valence-electron chi connectivity index (χ4n) is 2.78. The number of nitrogens with two attached hydrogens (primary N) is 1. The molecule has 3 atom stereocenters. The fraction of sp³-hybridized carbons (Fsp3) is 0.833. The lowest BCUT2D eigenvalue weighted by Gasteiger charge is -2.19. The largest absolute Gasteiger partial charge is 0.330 e. The van der Waals surface area contributed by atoms with Crippen molar-refractivity contribution in [1.29, 1.82) is 0 Å². The summed E-state index contributed by atoms with van der Waals surface area (Å²) >= 11 is 0. The summed E-state index contributed by atoms with van der Waals surface area (Å²) in [4.78, 5) is 2.61. The molecule has 14 heavy (non-hydrogen) atoms. The quantitative estimate of drug-likeness (QED) is 0.690. The van der Waals surface area contributed by atoms with Gasteiger partial charge in [0.1, 0.15) is 0 Å². The molecule has 1 fully saturated rings. The van der Waals surface area contributed by atoms with Crippen molar-refractivity contribution >= 4 is 0 Å². The summed E-state index contributed by atoms with van der Waals surface area (Å²) in [6.45, 7) is 6.88. The molecule has 1 aliphatic carbocycles. The van der Waals surface area contributed by atoms with Gasteiger partial charge in [-0.05, 0) is 37.1 Å². The average Bonchev–Trinajstić information content (AvgIpc) is 2.59. The summed E-state index contributed by atoms with van der Waals surface area (Å²) in [5.74, 6) is 2.53. The molecule has 80 valence electrons. The Kier molecular flexibility index (Phi) is 3.24. The number of fused-ring (bicyclic) bond motifs is 1. The van der Waals surface area contributed by atoms with Gasteiger partial charge >= 0.3 is 0 Å². The Morgan fingerprint density at radius 3 is 2.36 bits per heavy atom. The van der Waals surface area contributed by atoms with Crippen LogP contribution in [0.3, 0.4) is 0 Å². The molecular weight excluding hydrogens is 172 g/mol. The van der Waals surface area contributed by atoms with Crippen LogP contribution in [-0.2, 0) is 0 Å². The molecule has 0 aromatic carbocycles. The highest BCUT2D eigenvalue weighted by Crippen LogP contribution is 2.32. The molecule has 1 saturated heterocycles. The molecule has 2 rings (SSSR count). The third kappa shape index (κ3) is 2.18. The molecule has 2 nitrogen and oxygen atoms in total. The average molecular weight is 194 g/mol. The summed E-state index contributed by atoms with van der Waals surface area (Å²) in [6.07, 6.45) is 7.32. The second-order valence-corrected chi connectivity index (χ2v) is 5.02. The van der Waals surface area contributed by atoms with E-state index in [1.54, 1.807) is 0 Å². The van der Waals surface area contributed by atoms with Crippen LogP contribution < -0.4 is 5.73 Å².